The Balaban J connectivity index is 1.60. The van der Waals surface area contributed by atoms with Crippen molar-refractivity contribution < 1.29 is 14.6 Å². The van der Waals surface area contributed by atoms with Crippen molar-refractivity contribution in [1.29, 1.82) is 0 Å². The highest BCUT2D eigenvalue weighted by molar-refractivity contribution is 9.10. The van der Waals surface area contributed by atoms with Crippen LogP contribution < -0.4 is 0 Å². The van der Waals surface area contributed by atoms with Gasteiger partial charge in [-0.2, -0.15) is 0 Å². The number of carbonyl (C=O) groups excluding carboxylic acids is 1. The average molecular weight is 376 g/mol. The van der Waals surface area contributed by atoms with Crippen LogP contribution in [0.4, 0.5) is 4.79 Å². The van der Waals surface area contributed by atoms with Gasteiger partial charge in [0.2, 0.25) is 0 Å². The molecule has 1 amide bonds. The minimum Gasteiger partial charge on any atom is -0.445 e. The number of aliphatic hydroxyl groups is 1. The summed E-state index contributed by atoms with van der Waals surface area (Å²) in [6.07, 6.45) is 0.122. The molecule has 1 unspecified atom stereocenters. The minimum absolute atomic E-state index is 0.243. The summed E-state index contributed by atoms with van der Waals surface area (Å²) in [5.74, 6) is 0. The highest BCUT2D eigenvalue weighted by Crippen LogP contribution is 2.32. The molecule has 2 aromatic carbocycles. The Hall–Kier alpha value is -1.85. The van der Waals surface area contributed by atoms with Gasteiger partial charge < -0.3 is 14.7 Å². The van der Waals surface area contributed by atoms with Gasteiger partial charge in [0, 0.05) is 11.0 Å². The third-order valence-corrected chi connectivity index (χ3v) is 4.62. The molecule has 120 valence electrons. The van der Waals surface area contributed by atoms with Gasteiger partial charge in [-0.25, -0.2) is 4.79 Å². The summed E-state index contributed by atoms with van der Waals surface area (Å²) in [6.45, 7) is 0.981. The molecule has 1 atom stereocenters. The van der Waals surface area contributed by atoms with E-state index in [9.17, 15) is 9.90 Å². The molecule has 1 aliphatic heterocycles. The smallest absolute Gasteiger partial charge is 0.410 e. The molecule has 3 rings (SSSR count). The van der Waals surface area contributed by atoms with Gasteiger partial charge in [0.25, 0.3) is 0 Å². The Bertz CT molecular complexity index is 674. The molecular formula is C18H18BrNO3. The molecule has 0 spiro atoms. The normalized spacial score (nSPS) is 20.5. The van der Waals surface area contributed by atoms with Crippen LogP contribution in [0.5, 0.6) is 0 Å². The molecule has 1 N–H and O–H groups in total. The number of hydrogen-bond acceptors (Lipinski definition) is 3. The summed E-state index contributed by atoms with van der Waals surface area (Å²) >= 11 is 3.38. The fraction of sp³-hybridized carbons (Fsp3) is 0.278. The maximum Gasteiger partial charge on any atom is 0.410 e. The molecule has 1 heterocycles. The molecule has 1 aliphatic rings. The summed E-state index contributed by atoms with van der Waals surface area (Å²) in [6, 6.07) is 17.1. The molecule has 1 fully saturated rings. The summed E-state index contributed by atoms with van der Waals surface area (Å²) in [7, 11) is 0. The molecule has 4 nitrogen and oxygen atoms in total. The van der Waals surface area contributed by atoms with E-state index in [2.05, 4.69) is 15.9 Å². The second-order valence-corrected chi connectivity index (χ2v) is 6.67. The van der Waals surface area contributed by atoms with E-state index in [1.54, 1.807) is 4.90 Å². The van der Waals surface area contributed by atoms with Crippen molar-refractivity contribution in [3.05, 3.63) is 70.2 Å². The molecule has 0 bridgehead atoms. The number of hydrogen-bond donors (Lipinski definition) is 1. The fourth-order valence-electron chi connectivity index (χ4n) is 2.76. The van der Waals surface area contributed by atoms with Gasteiger partial charge in [0.1, 0.15) is 12.2 Å². The number of β-amino-alcohol motifs (C(OH)–C–C–N with tert-alkyl or cyclic N) is 1. The molecule has 0 radical (unpaired) electrons. The Morgan fingerprint density at radius 2 is 1.87 bits per heavy atom. The molecule has 0 aliphatic carbocycles. The van der Waals surface area contributed by atoms with Crippen LogP contribution in [0, 0.1) is 0 Å². The van der Waals surface area contributed by atoms with Gasteiger partial charge in [-0.1, -0.05) is 58.4 Å². The number of halogens is 1. The van der Waals surface area contributed by atoms with Crippen molar-refractivity contribution in [3.8, 4) is 0 Å². The topological polar surface area (TPSA) is 49.8 Å². The van der Waals surface area contributed by atoms with Crippen LogP contribution in [0.15, 0.2) is 59.1 Å². The lowest BCUT2D eigenvalue weighted by Gasteiger charge is -2.23. The van der Waals surface area contributed by atoms with E-state index < -0.39 is 5.60 Å². The maximum absolute atomic E-state index is 12.2. The van der Waals surface area contributed by atoms with E-state index in [1.807, 2.05) is 54.6 Å². The molecule has 23 heavy (non-hydrogen) atoms. The van der Waals surface area contributed by atoms with Gasteiger partial charge in [0.05, 0.1) is 6.54 Å². The highest BCUT2D eigenvalue weighted by atomic mass is 79.9. The van der Waals surface area contributed by atoms with E-state index >= 15 is 0 Å². The quantitative estimate of drug-likeness (QED) is 0.889. The fourth-order valence-corrected chi connectivity index (χ4v) is 3.02. The van der Waals surface area contributed by atoms with Crippen LogP contribution in [0.3, 0.4) is 0 Å². The van der Waals surface area contributed by atoms with Crippen molar-refractivity contribution in [3.63, 3.8) is 0 Å². The molecule has 0 aromatic heterocycles. The van der Waals surface area contributed by atoms with Crippen molar-refractivity contribution >= 4 is 22.0 Å². The van der Waals surface area contributed by atoms with Gasteiger partial charge in [0.15, 0.2) is 0 Å². The van der Waals surface area contributed by atoms with E-state index in [0.717, 1.165) is 15.6 Å². The van der Waals surface area contributed by atoms with E-state index in [0.29, 0.717) is 13.0 Å². The van der Waals surface area contributed by atoms with Crippen LogP contribution in [0.1, 0.15) is 17.5 Å². The Morgan fingerprint density at radius 3 is 2.57 bits per heavy atom. The minimum atomic E-state index is -1.01. The summed E-state index contributed by atoms with van der Waals surface area (Å²) < 4.78 is 6.29. The predicted octanol–water partition coefficient (Wildman–Crippen LogP) is 3.68. The van der Waals surface area contributed by atoms with Crippen LogP contribution in [0.2, 0.25) is 0 Å². The molecule has 1 saturated heterocycles. The van der Waals surface area contributed by atoms with Crippen molar-refractivity contribution in [1.82, 2.24) is 4.90 Å². The average Bonchev–Trinajstić information content (AvgIpc) is 2.98. The lowest BCUT2D eigenvalue weighted by Crippen LogP contribution is -2.34. The van der Waals surface area contributed by atoms with Gasteiger partial charge in [-0.15, -0.1) is 0 Å². The first-order chi connectivity index (χ1) is 11.1. The first-order valence-corrected chi connectivity index (χ1v) is 8.30. The van der Waals surface area contributed by atoms with Crippen molar-refractivity contribution in [2.24, 2.45) is 0 Å². The second kappa shape index (κ2) is 6.72. The lowest BCUT2D eigenvalue weighted by molar-refractivity contribution is 0.0407. The first kappa shape index (κ1) is 16.0. The zero-order valence-electron chi connectivity index (χ0n) is 12.6. The van der Waals surface area contributed by atoms with Crippen LogP contribution in [0.25, 0.3) is 0 Å². The molecule has 2 aromatic rings. The summed E-state index contributed by atoms with van der Waals surface area (Å²) in [5, 5.41) is 10.8. The van der Waals surface area contributed by atoms with E-state index in [-0.39, 0.29) is 19.2 Å². The Morgan fingerprint density at radius 1 is 1.17 bits per heavy atom. The predicted molar refractivity (Wildman–Crippen MR) is 90.9 cm³/mol. The molecular weight excluding hydrogens is 358 g/mol. The number of ether oxygens (including phenoxy) is 1. The maximum atomic E-state index is 12.2. The Labute approximate surface area is 143 Å². The van der Waals surface area contributed by atoms with Crippen molar-refractivity contribution in [2.45, 2.75) is 18.6 Å². The molecule has 0 saturated carbocycles. The van der Waals surface area contributed by atoms with Crippen LogP contribution in [-0.4, -0.2) is 29.2 Å². The highest BCUT2D eigenvalue weighted by Gasteiger charge is 2.40. The molecule has 5 heteroatoms. The number of benzene rings is 2. The third kappa shape index (κ3) is 3.74. The second-order valence-electron chi connectivity index (χ2n) is 5.75. The standard InChI is InChI=1S/C18H18BrNO3/c19-16-8-6-15(7-9-16)18(22)10-11-20(13-18)17(21)23-12-14-4-2-1-3-5-14/h1-9,22H,10-13H2. The van der Waals surface area contributed by atoms with E-state index in [4.69, 9.17) is 4.74 Å². The van der Waals surface area contributed by atoms with Crippen LogP contribution >= 0.6 is 15.9 Å². The summed E-state index contributed by atoms with van der Waals surface area (Å²) in [5.41, 5.74) is 0.759. The summed E-state index contributed by atoms with van der Waals surface area (Å²) in [4.78, 5) is 13.7. The largest absolute Gasteiger partial charge is 0.445 e. The zero-order valence-corrected chi connectivity index (χ0v) is 14.2. The number of carbonyl (C=O) groups is 1. The Kier molecular flexibility index (Phi) is 4.68. The van der Waals surface area contributed by atoms with Crippen molar-refractivity contribution in [2.75, 3.05) is 13.1 Å². The lowest BCUT2D eigenvalue weighted by atomic mass is 9.93. The number of amides is 1. The monoisotopic (exact) mass is 375 g/mol. The first-order valence-electron chi connectivity index (χ1n) is 7.51. The number of nitrogens with zero attached hydrogens (tertiary/aromatic N) is 1. The third-order valence-electron chi connectivity index (χ3n) is 4.09. The van der Waals surface area contributed by atoms with Gasteiger partial charge in [-0.3, -0.25) is 0 Å². The van der Waals surface area contributed by atoms with Gasteiger partial charge in [-0.05, 0) is 29.7 Å². The van der Waals surface area contributed by atoms with E-state index in [1.165, 1.54) is 0 Å². The number of rotatable bonds is 3. The zero-order chi connectivity index (χ0) is 16.3. The van der Waals surface area contributed by atoms with Gasteiger partial charge >= 0.3 is 6.09 Å². The number of likely N-dealkylation sites (tertiary alicyclic amines) is 1. The SMILES string of the molecule is O=C(OCc1ccccc1)N1CCC(O)(c2ccc(Br)cc2)C1. The van der Waals surface area contributed by atoms with Crippen LogP contribution in [-0.2, 0) is 16.9 Å².